The van der Waals surface area contributed by atoms with Crippen LogP contribution in [0.25, 0.3) is 0 Å². The molecular formula is C17H24O7S. The molecule has 1 aromatic carbocycles. The second-order valence-electron chi connectivity index (χ2n) is 6.96. The molecule has 7 nitrogen and oxygen atoms in total. The van der Waals surface area contributed by atoms with Crippen LogP contribution in [-0.2, 0) is 28.5 Å². The quantitative estimate of drug-likeness (QED) is 0.785. The van der Waals surface area contributed by atoms with Gasteiger partial charge < -0.3 is 19.3 Å². The third kappa shape index (κ3) is 3.60. The van der Waals surface area contributed by atoms with E-state index >= 15 is 0 Å². The molecule has 25 heavy (non-hydrogen) atoms. The van der Waals surface area contributed by atoms with Crippen LogP contribution in [0, 0.1) is 12.8 Å². The highest BCUT2D eigenvalue weighted by Gasteiger charge is 2.56. The van der Waals surface area contributed by atoms with Gasteiger partial charge in [0.25, 0.3) is 10.1 Å². The topological polar surface area (TPSA) is 91.3 Å². The fraction of sp³-hybridized carbons (Fsp3) is 0.647. The minimum absolute atomic E-state index is 0.0608. The molecule has 8 heteroatoms. The predicted molar refractivity (Wildman–Crippen MR) is 88.2 cm³/mol. The Bertz CT molecular complexity index is 715. The number of aliphatic hydroxyl groups is 1. The summed E-state index contributed by atoms with van der Waals surface area (Å²) < 4.78 is 46.7. The molecule has 0 aromatic heterocycles. The number of rotatable bonds is 5. The Labute approximate surface area is 148 Å². The maximum Gasteiger partial charge on any atom is 0.297 e. The van der Waals surface area contributed by atoms with Crippen molar-refractivity contribution in [1.82, 2.24) is 0 Å². The first-order chi connectivity index (χ1) is 11.6. The van der Waals surface area contributed by atoms with Crippen molar-refractivity contribution in [3.63, 3.8) is 0 Å². The van der Waals surface area contributed by atoms with Gasteiger partial charge in [0.15, 0.2) is 12.1 Å². The van der Waals surface area contributed by atoms with E-state index in [9.17, 15) is 13.5 Å². The largest absolute Gasteiger partial charge is 0.387 e. The molecule has 3 rings (SSSR count). The highest BCUT2D eigenvalue weighted by atomic mass is 32.2. The van der Waals surface area contributed by atoms with E-state index < -0.39 is 40.5 Å². The molecule has 5 atom stereocenters. The molecule has 2 aliphatic rings. The van der Waals surface area contributed by atoms with E-state index in [2.05, 4.69) is 0 Å². The zero-order chi connectivity index (χ0) is 18.4. The average molecular weight is 372 g/mol. The van der Waals surface area contributed by atoms with E-state index in [0.717, 1.165) is 5.56 Å². The van der Waals surface area contributed by atoms with Gasteiger partial charge in [0, 0.05) is 5.92 Å². The number of hydrogen-bond acceptors (Lipinski definition) is 7. The van der Waals surface area contributed by atoms with Gasteiger partial charge in [-0.05, 0) is 26.0 Å². The van der Waals surface area contributed by atoms with E-state index in [1.165, 1.54) is 12.1 Å². The monoisotopic (exact) mass is 372 g/mol. The zero-order valence-electron chi connectivity index (χ0n) is 14.7. The maximum atomic E-state index is 12.2. The lowest BCUT2D eigenvalue weighted by molar-refractivity contribution is -0.245. The van der Waals surface area contributed by atoms with Crippen LogP contribution in [0.4, 0.5) is 0 Å². The van der Waals surface area contributed by atoms with Gasteiger partial charge in [0.1, 0.15) is 18.3 Å². The van der Waals surface area contributed by atoms with E-state index in [-0.39, 0.29) is 17.4 Å². The van der Waals surface area contributed by atoms with Gasteiger partial charge in [-0.2, -0.15) is 8.42 Å². The number of aryl methyl sites for hydroxylation is 1. The van der Waals surface area contributed by atoms with Gasteiger partial charge in [-0.1, -0.05) is 31.5 Å². The molecule has 1 unspecified atom stereocenters. The van der Waals surface area contributed by atoms with Crippen LogP contribution < -0.4 is 0 Å². The number of ether oxygens (including phenoxy) is 3. The molecule has 0 radical (unpaired) electrons. The van der Waals surface area contributed by atoms with Gasteiger partial charge in [0.05, 0.1) is 11.5 Å². The lowest BCUT2D eigenvalue weighted by Crippen LogP contribution is -2.40. The van der Waals surface area contributed by atoms with Crippen molar-refractivity contribution in [3.05, 3.63) is 29.8 Å². The van der Waals surface area contributed by atoms with Crippen molar-refractivity contribution in [1.29, 1.82) is 0 Å². The molecule has 2 saturated heterocycles. The fourth-order valence-electron chi connectivity index (χ4n) is 2.79. The summed E-state index contributed by atoms with van der Waals surface area (Å²) in [6.07, 6.45) is -3.27. The van der Waals surface area contributed by atoms with Gasteiger partial charge in [-0.3, -0.25) is 4.18 Å². The summed E-state index contributed by atoms with van der Waals surface area (Å²) in [6, 6.07) is 6.34. The summed E-state index contributed by atoms with van der Waals surface area (Å²) >= 11 is 0. The van der Waals surface area contributed by atoms with Gasteiger partial charge in [-0.25, -0.2) is 0 Å². The van der Waals surface area contributed by atoms with Crippen LogP contribution >= 0.6 is 0 Å². The molecule has 1 N–H and O–H groups in total. The predicted octanol–water partition coefficient (Wildman–Crippen LogP) is 1.57. The smallest absolute Gasteiger partial charge is 0.297 e. The number of fused-ring (bicyclic) bond motifs is 1. The van der Waals surface area contributed by atoms with E-state index in [4.69, 9.17) is 18.4 Å². The lowest BCUT2D eigenvalue weighted by Gasteiger charge is -2.29. The Hall–Kier alpha value is -1.03. The minimum Gasteiger partial charge on any atom is -0.387 e. The number of aliphatic hydroxyl groups excluding tert-OH is 1. The van der Waals surface area contributed by atoms with Crippen LogP contribution in [0.15, 0.2) is 29.2 Å². The SMILES string of the molecule is Cc1ccc(S(=O)(=O)OC[C@H]2O[C@@H]3OC(C)(C(C)C)O[C@@H]3[C@H]2O)cc1. The molecule has 0 spiro atoms. The first-order valence-electron chi connectivity index (χ1n) is 8.28. The summed E-state index contributed by atoms with van der Waals surface area (Å²) in [5.41, 5.74) is 0.948. The highest BCUT2D eigenvalue weighted by Crippen LogP contribution is 2.41. The molecule has 0 saturated carbocycles. The van der Waals surface area contributed by atoms with Crippen molar-refractivity contribution in [2.24, 2.45) is 5.92 Å². The molecule has 2 aliphatic heterocycles. The molecule has 140 valence electrons. The number of benzene rings is 1. The third-order valence-corrected chi connectivity index (χ3v) is 6.06. The molecule has 2 heterocycles. The molecule has 2 fully saturated rings. The molecule has 0 amide bonds. The summed E-state index contributed by atoms with van der Waals surface area (Å²) in [5.74, 6) is -0.763. The van der Waals surface area contributed by atoms with E-state index in [0.29, 0.717) is 0 Å². The minimum atomic E-state index is -3.92. The third-order valence-electron chi connectivity index (χ3n) is 4.76. The van der Waals surface area contributed by atoms with Crippen LogP contribution in [-0.4, -0.2) is 50.5 Å². The van der Waals surface area contributed by atoms with Crippen molar-refractivity contribution >= 4 is 10.1 Å². The highest BCUT2D eigenvalue weighted by molar-refractivity contribution is 7.86. The van der Waals surface area contributed by atoms with Crippen molar-refractivity contribution in [2.75, 3.05) is 6.61 Å². The van der Waals surface area contributed by atoms with Crippen molar-refractivity contribution in [3.8, 4) is 0 Å². The Morgan fingerprint density at radius 2 is 1.88 bits per heavy atom. The summed E-state index contributed by atoms with van der Waals surface area (Å²) in [5, 5.41) is 10.4. The summed E-state index contributed by atoms with van der Waals surface area (Å²) in [6.45, 7) is 7.24. The summed E-state index contributed by atoms with van der Waals surface area (Å²) in [4.78, 5) is 0.0608. The van der Waals surface area contributed by atoms with Crippen LogP contribution in [0.2, 0.25) is 0 Å². The second kappa shape index (κ2) is 6.61. The van der Waals surface area contributed by atoms with Gasteiger partial charge in [0.2, 0.25) is 0 Å². The normalized spacial score (nSPS) is 35.3. The van der Waals surface area contributed by atoms with E-state index in [1.54, 1.807) is 19.1 Å². The summed E-state index contributed by atoms with van der Waals surface area (Å²) in [7, 11) is -3.92. The first-order valence-corrected chi connectivity index (χ1v) is 9.68. The van der Waals surface area contributed by atoms with Crippen molar-refractivity contribution < 1.29 is 31.9 Å². The molecule has 1 aromatic rings. The Kier molecular flexibility index (Phi) is 4.95. The number of hydrogen-bond donors (Lipinski definition) is 1. The lowest BCUT2D eigenvalue weighted by atomic mass is 10.1. The molecule has 0 bridgehead atoms. The Morgan fingerprint density at radius 3 is 2.44 bits per heavy atom. The van der Waals surface area contributed by atoms with Gasteiger partial charge >= 0.3 is 0 Å². The Balaban J connectivity index is 1.62. The van der Waals surface area contributed by atoms with E-state index in [1.807, 2.05) is 20.8 Å². The Morgan fingerprint density at radius 1 is 1.24 bits per heavy atom. The van der Waals surface area contributed by atoms with Crippen LogP contribution in [0.5, 0.6) is 0 Å². The maximum absolute atomic E-state index is 12.2. The average Bonchev–Trinajstić information content (AvgIpc) is 3.02. The van der Waals surface area contributed by atoms with Crippen molar-refractivity contribution in [2.45, 2.75) is 63.0 Å². The molecular weight excluding hydrogens is 348 g/mol. The van der Waals surface area contributed by atoms with Crippen LogP contribution in [0.1, 0.15) is 26.3 Å². The zero-order valence-corrected chi connectivity index (χ0v) is 15.5. The molecule has 0 aliphatic carbocycles. The second-order valence-corrected chi connectivity index (χ2v) is 8.57. The van der Waals surface area contributed by atoms with Gasteiger partial charge in [-0.15, -0.1) is 0 Å². The van der Waals surface area contributed by atoms with Crippen LogP contribution in [0.3, 0.4) is 0 Å². The standard InChI is InChI=1S/C17H24O7S/c1-10(2)17(4)23-15-14(18)13(22-16(15)24-17)9-21-25(19,20)12-7-5-11(3)6-8-12/h5-8,10,13-16,18H,9H2,1-4H3/t13-,14+,15-,16-,17?/m1/s1. The first kappa shape index (κ1) is 18.8. The fourth-order valence-corrected chi connectivity index (χ4v) is 3.71.